The number of sulfonamides is 1. The Morgan fingerprint density at radius 1 is 1.07 bits per heavy atom. The van der Waals surface area contributed by atoms with Gasteiger partial charge in [-0.3, -0.25) is 15.0 Å². The van der Waals surface area contributed by atoms with Crippen molar-refractivity contribution < 1.29 is 22.8 Å². The standard InChI is InChI=1S/C20H25N3O6S/c1-3-29-19-7-5-4-6-16(19)15-21-10-12-22(13-11-21)30(26,27)17-8-9-20(28-2)18(14-17)23(24)25/h4-9,14H,3,10-13,15H2,1-2H3. The van der Waals surface area contributed by atoms with Crippen molar-refractivity contribution in [3.63, 3.8) is 0 Å². The largest absolute Gasteiger partial charge is 0.494 e. The van der Waals surface area contributed by atoms with Gasteiger partial charge in [0.1, 0.15) is 5.75 Å². The summed E-state index contributed by atoms with van der Waals surface area (Å²) in [4.78, 5) is 12.6. The number of hydrogen-bond donors (Lipinski definition) is 0. The summed E-state index contributed by atoms with van der Waals surface area (Å²) in [5.41, 5.74) is 0.686. The summed E-state index contributed by atoms with van der Waals surface area (Å²) in [7, 11) is -2.53. The molecule has 0 aromatic heterocycles. The van der Waals surface area contributed by atoms with Gasteiger partial charge in [-0.2, -0.15) is 4.31 Å². The van der Waals surface area contributed by atoms with Gasteiger partial charge in [-0.1, -0.05) is 18.2 Å². The van der Waals surface area contributed by atoms with Gasteiger partial charge in [0, 0.05) is 44.4 Å². The normalized spacial score (nSPS) is 15.7. The van der Waals surface area contributed by atoms with E-state index < -0.39 is 14.9 Å². The zero-order valence-corrected chi connectivity index (χ0v) is 17.8. The smallest absolute Gasteiger partial charge is 0.312 e. The van der Waals surface area contributed by atoms with Crippen LogP contribution in [0.1, 0.15) is 12.5 Å². The number of nitro groups is 1. The predicted molar refractivity (Wildman–Crippen MR) is 111 cm³/mol. The van der Waals surface area contributed by atoms with Crippen LogP contribution in [0.3, 0.4) is 0 Å². The van der Waals surface area contributed by atoms with Gasteiger partial charge in [0.2, 0.25) is 10.0 Å². The Balaban J connectivity index is 1.70. The molecule has 1 saturated heterocycles. The van der Waals surface area contributed by atoms with Crippen LogP contribution in [0.4, 0.5) is 5.69 Å². The second-order valence-electron chi connectivity index (χ2n) is 6.81. The third kappa shape index (κ3) is 4.72. The van der Waals surface area contributed by atoms with Gasteiger partial charge in [-0.15, -0.1) is 0 Å². The molecule has 0 spiro atoms. The number of hydrogen-bond acceptors (Lipinski definition) is 7. The van der Waals surface area contributed by atoms with Crippen molar-refractivity contribution in [1.29, 1.82) is 0 Å². The topological polar surface area (TPSA) is 102 Å². The molecule has 162 valence electrons. The van der Waals surface area contributed by atoms with E-state index in [9.17, 15) is 18.5 Å². The molecule has 1 aliphatic rings. The van der Waals surface area contributed by atoms with Crippen LogP contribution in [0.5, 0.6) is 11.5 Å². The summed E-state index contributed by atoms with van der Waals surface area (Å²) in [5, 5.41) is 11.2. The Labute approximate surface area is 176 Å². The summed E-state index contributed by atoms with van der Waals surface area (Å²) >= 11 is 0. The highest BCUT2D eigenvalue weighted by molar-refractivity contribution is 7.89. The first-order valence-electron chi connectivity index (χ1n) is 9.62. The van der Waals surface area contributed by atoms with Gasteiger partial charge in [0.05, 0.1) is 23.5 Å². The fraction of sp³-hybridized carbons (Fsp3) is 0.400. The highest BCUT2D eigenvalue weighted by atomic mass is 32.2. The molecule has 0 saturated carbocycles. The maximum absolute atomic E-state index is 13.0. The highest BCUT2D eigenvalue weighted by Gasteiger charge is 2.30. The molecule has 10 heteroatoms. The molecule has 3 rings (SSSR count). The first-order chi connectivity index (χ1) is 14.4. The summed E-state index contributed by atoms with van der Waals surface area (Å²) in [6.45, 7) is 4.90. The zero-order valence-electron chi connectivity index (χ0n) is 17.0. The maximum Gasteiger partial charge on any atom is 0.312 e. The minimum Gasteiger partial charge on any atom is -0.494 e. The number of rotatable bonds is 8. The lowest BCUT2D eigenvalue weighted by molar-refractivity contribution is -0.386. The number of para-hydroxylation sites is 1. The minimum absolute atomic E-state index is 0.0248. The number of nitro benzene ring substituents is 1. The van der Waals surface area contributed by atoms with Crippen molar-refractivity contribution in [2.75, 3.05) is 39.9 Å². The molecule has 0 bridgehead atoms. The van der Waals surface area contributed by atoms with E-state index in [1.807, 2.05) is 31.2 Å². The number of piperazine rings is 1. The lowest BCUT2D eigenvalue weighted by atomic mass is 10.2. The Morgan fingerprint density at radius 3 is 2.40 bits per heavy atom. The second kappa shape index (κ2) is 9.41. The van der Waals surface area contributed by atoms with Crippen LogP contribution in [0.2, 0.25) is 0 Å². The van der Waals surface area contributed by atoms with Crippen LogP contribution in [0.15, 0.2) is 47.4 Å². The molecular weight excluding hydrogens is 410 g/mol. The molecule has 1 aliphatic heterocycles. The Kier molecular flexibility index (Phi) is 6.91. The Bertz CT molecular complexity index is 1000. The summed E-state index contributed by atoms with van der Waals surface area (Å²) < 4.78 is 38.0. The van der Waals surface area contributed by atoms with Crippen molar-refractivity contribution >= 4 is 15.7 Å². The van der Waals surface area contributed by atoms with E-state index in [0.29, 0.717) is 39.3 Å². The SMILES string of the molecule is CCOc1ccccc1CN1CCN(S(=O)(=O)c2ccc(OC)c([N+](=O)[O-])c2)CC1. The van der Waals surface area contributed by atoms with Crippen molar-refractivity contribution in [2.45, 2.75) is 18.4 Å². The van der Waals surface area contributed by atoms with Gasteiger partial charge >= 0.3 is 5.69 Å². The van der Waals surface area contributed by atoms with Crippen molar-refractivity contribution in [1.82, 2.24) is 9.21 Å². The number of ether oxygens (including phenoxy) is 2. The van der Waals surface area contributed by atoms with Crippen molar-refractivity contribution in [3.8, 4) is 11.5 Å². The van der Waals surface area contributed by atoms with E-state index in [0.717, 1.165) is 17.4 Å². The Morgan fingerprint density at radius 2 is 1.77 bits per heavy atom. The van der Waals surface area contributed by atoms with Crippen LogP contribution >= 0.6 is 0 Å². The monoisotopic (exact) mass is 435 g/mol. The molecule has 2 aromatic carbocycles. The molecular formula is C20H25N3O6S. The van der Waals surface area contributed by atoms with Crippen molar-refractivity contribution in [3.05, 3.63) is 58.1 Å². The fourth-order valence-corrected chi connectivity index (χ4v) is 4.86. The third-order valence-corrected chi connectivity index (χ3v) is 6.88. The quantitative estimate of drug-likeness (QED) is 0.464. The Hall–Kier alpha value is -2.69. The van der Waals surface area contributed by atoms with E-state index in [-0.39, 0.29) is 16.3 Å². The van der Waals surface area contributed by atoms with Gasteiger partial charge in [0.15, 0.2) is 5.75 Å². The average Bonchev–Trinajstić information content (AvgIpc) is 2.75. The van der Waals surface area contributed by atoms with E-state index in [1.54, 1.807) is 0 Å². The zero-order chi connectivity index (χ0) is 21.7. The summed E-state index contributed by atoms with van der Waals surface area (Å²) in [5.74, 6) is 0.859. The summed E-state index contributed by atoms with van der Waals surface area (Å²) in [6.07, 6.45) is 0. The summed E-state index contributed by atoms with van der Waals surface area (Å²) in [6, 6.07) is 11.5. The first-order valence-corrected chi connectivity index (χ1v) is 11.1. The van der Waals surface area contributed by atoms with Gasteiger partial charge < -0.3 is 9.47 Å². The average molecular weight is 436 g/mol. The molecule has 0 unspecified atom stereocenters. The first kappa shape index (κ1) is 22.0. The lowest BCUT2D eigenvalue weighted by Crippen LogP contribution is -2.48. The van der Waals surface area contributed by atoms with Crippen LogP contribution in [0.25, 0.3) is 0 Å². The molecule has 0 aliphatic carbocycles. The van der Waals surface area contributed by atoms with Crippen LogP contribution in [-0.2, 0) is 16.6 Å². The molecule has 1 heterocycles. The number of nitrogens with zero attached hydrogens (tertiary/aromatic N) is 3. The van der Waals surface area contributed by atoms with Crippen LogP contribution in [-0.4, -0.2) is 62.4 Å². The molecule has 0 radical (unpaired) electrons. The molecule has 9 nitrogen and oxygen atoms in total. The molecule has 1 fully saturated rings. The fourth-order valence-electron chi connectivity index (χ4n) is 3.42. The lowest BCUT2D eigenvalue weighted by Gasteiger charge is -2.34. The highest BCUT2D eigenvalue weighted by Crippen LogP contribution is 2.31. The second-order valence-corrected chi connectivity index (χ2v) is 8.75. The maximum atomic E-state index is 13.0. The van der Waals surface area contributed by atoms with E-state index >= 15 is 0 Å². The van der Waals surface area contributed by atoms with Gasteiger partial charge in [-0.05, 0) is 25.1 Å². The van der Waals surface area contributed by atoms with E-state index in [1.165, 1.54) is 23.5 Å². The molecule has 30 heavy (non-hydrogen) atoms. The molecule has 0 atom stereocenters. The van der Waals surface area contributed by atoms with Gasteiger partial charge in [0.25, 0.3) is 0 Å². The van der Waals surface area contributed by atoms with Crippen LogP contribution < -0.4 is 9.47 Å². The third-order valence-electron chi connectivity index (χ3n) is 4.98. The van der Waals surface area contributed by atoms with Crippen molar-refractivity contribution in [2.24, 2.45) is 0 Å². The van der Waals surface area contributed by atoms with Gasteiger partial charge in [-0.25, -0.2) is 8.42 Å². The predicted octanol–water partition coefficient (Wildman–Crippen LogP) is 2.51. The van der Waals surface area contributed by atoms with Crippen LogP contribution in [0, 0.1) is 10.1 Å². The minimum atomic E-state index is -3.83. The number of benzene rings is 2. The molecule has 0 N–H and O–H groups in total. The van der Waals surface area contributed by atoms with E-state index in [2.05, 4.69) is 4.90 Å². The van der Waals surface area contributed by atoms with E-state index in [4.69, 9.17) is 9.47 Å². The number of methoxy groups -OCH3 is 1. The molecule has 2 aromatic rings. The molecule has 0 amide bonds.